The first-order valence-corrected chi connectivity index (χ1v) is 5.93. The molecule has 0 atom stereocenters. The van der Waals surface area contributed by atoms with Gasteiger partial charge in [0.05, 0.1) is 0 Å². The van der Waals surface area contributed by atoms with E-state index >= 15 is 0 Å². The fourth-order valence-corrected chi connectivity index (χ4v) is 1.61. The molecule has 0 spiro atoms. The van der Waals surface area contributed by atoms with Gasteiger partial charge in [0.2, 0.25) is 5.91 Å². The number of carboxylic acids is 2. The molecule has 0 saturated heterocycles. The van der Waals surface area contributed by atoms with Gasteiger partial charge in [-0.1, -0.05) is 29.8 Å². The van der Waals surface area contributed by atoms with Gasteiger partial charge in [-0.05, 0) is 17.7 Å². The van der Waals surface area contributed by atoms with E-state index in [1.165, 1.54) is 6.08 Å². The van der Waals surface area contributed by atoms with Gasteiger partial charge in [0.25, 0.3) is 0 Å². The van der Waals surface area contributed by atoms with Gasteiger partial charge in [0, 0.05) is 11.1 Å². The smallest absolute Gasteiger partial charge is 0.323 e. The Bertz CT molecular complexity index is 539. The molecule has 1 aromatic carbocycles. The van der Waals surface area contributed by atoms with Crippen LogP contribution in [0.5, 0.6) is 0 Å². The molecule has 0 bridgehead atoms. The lowest BCUT2D eigenvalue weighted by atomic mass is 10.2. The van der Waals surface area contributed by atoms with Gasteiger partial charge in [0.1, 0.15) is 13.1 Å². The Hall–Kier alpha value is -2.34. The number of nitrogens with zero attached hydrogens (tertiary/aromatic N) is 1. The average molecular weight is 298 g/mol. The van der Waals surface area contributed by atoms with Crippen molar-refractivity contribution in [3.63, 3.8) is 0 Å². The lowest BCUT2D eigenvalue weighted by molar-refractivity contribution is -0.147. The highest BCUT2D eigenvalue weighted by Crippen LogP contribution is 2.16. The molecule has 7 heteroatoms. The minimum absolute atomic E-state index is 0.430. The lowest BCUT2D eigenvalue weighted by Crippen LogP contribution is -2.38. The Morgan fingerprint density at radius 1 is 1.10 bits per heavy atom. The molecular weight excluding hydrogens is 286 g/mol. The number of carboxylic acid groups (broad SMARTS) is 2. The molecule has 0 fully saturated rings. The molecule has 6 nitrogen and oxygen atoms in total. The third-order valence-electron chi connectivity index (χ3n) is 2.27. The van der Waals surface area contributed by atoms with E-state index in [1.54, 1.807) is 24.3 Å². The third-order valence-corrected chi connectivity index (χ3v) is 2.62. The predicted molar refractivity (Wildman–Crippen MR) is 72.3 cm³/mol. The summed E-state index contributed by atoms with van der Waals surface area (Å²) in [6, 6.07) is 6.76. The normalized spacial score (nSPS) is 10.4. The number of benzene rings is 1. The Morgan fingerprint density at radius 2 is 1.65 bits per heavy atom. The minimum Gasteiger partial charge on any atom is -0.480 e. The van der Waals surface area contributed by atoms with E-state index < -0.39 is 30.9 Å². The van der Waals surface area contributed by atoms with E-state index in [0.29, 0.717) is 15.5 Å². The number of carbonyl (C=O) groups excluding carboxylic acids is 1. The predicted octanol–water partition coefficient (Wildman–Crippen LogP) is 1.35. The van der Waals surface area contributed by atoms with E-state index in [-0.39, 0.29) is 0 Å². The summed E-state index contributed by atoms with van der Waals surface area (Å²) in [5, 5.41) is 17.7. The molecule has 0 radical (unpaired) electrons. The van der Waals surface area contributed by atoms with Crippen molar-refractivity contribution in [3.8, 4) is 0 Å². The fourth-order valence-electron chi connectivity index (χ4n) is 1.42. The second-order valence-corrected chi connectivity index (χ2v) is 4.24. The number of hydrogen-bond acceptors (Lipinski definition) is 3. The molecule has 0 aliphatic heterocycles. The first kappa shape index (κ1) is 15.7. The highest BCUT2D eigenvalue weighted by Gasteiger charge is 2.17. The van der Waals surface area contributed by atoms with Crippen LogP contribution >= 0.6 is 11.6 Å². The molecule has 0 unspecified atom stereocenters. The van der Waals surface area contributed by atoms with Crippen LogP contribution in [0.1, 0.15) is 5.56 Å². The Kier molecular flexibility index (Phi) is 5.74. The summed E-state index contributed by atoms with van der Waals surface area (Å²) in [5.41, 5.74) is 0.577. The zero-order valence-electron chi connectivity index (χ0n) is 10.3. The summed E-state index contributed by atoms with van der Waals surface area (Å²) in [5.74, 6) is -3.29. The van der Waals surface area contributed by atoms with Crippen LogP contribution in [-0.4, -0.2) is 46.0 Å². The van der Waals surface area contributed by atoms with Gasteiger partial charge in [-0.2, -0.15) is 0 Å². The van der Waals surface area contributed by atoms with Crippen molar-refractivity contribution in [2.45, 2.75) is 0 Å². The number of rotatable bonds is 6. The van der Waals surface area contributed by atoms with Gasteiger partial charge in [-0.15, -0.1) is 0 Å². The highest BCUT2D eigenvalue weighted by atomic mass is 35.5. The summed E-state index contributed by atoms with van der Waals surface area (Å²) in [4.78, 5) is 33.7. The monoisotopic (exact) mass is 297 g/mol. The van der Waals surface area contributed by atoms with E-state index in [0.717, 1.165) is 6.08 Å². The fraction of sp³-hybridized carbons (Fsp3) is 0.154. The van der Waals surface area contributed by atoms with E-state index in [2.05, 4.69) is 0 Å². The number of amides is 1. The zero-order chi connectivity index (χ0) is 15.1. The number of carbonyl (C=O) groups is 3. The van der Waals surface area contributed by atoms with Gasteiger partial charge < -0.3 is 15.1 Å². The molecule has 0 aromatic heterocycles. The summed E-state index contributed by atoms with van der Waals surface area (Å²) >= 11 is 5.89. The van der Waals surface area contributed by atoms with Crippen LogP contribution < -0.4 is 0 Å². The molecule has 0 aliphatic carbocycles. The van der Waals surface area contributed by atoms with Crippen LogP contribution in [-0.2, 0) is 14.4 Å². The maximum Gasteiger partial charge on any atom is 0.323 e. The van der Waals surface area contributed by atoms with Crippen molar-refractivity contribution in [1.82, 2.24) is 4.90 Å². The van der Waals surface area contributed by atoms with Gasteiger partial charge >= 0.3 is 11.9 Å². The molecular formula is C13H12ClNO5. The van der Waals surface area contributed by atoms with Gasteiger partial charge in [0.15, 0.2) is 0 Å². The SMILES string of the molecule is O=C(O)CN(CC(=O)O)C(=O)C=Cc1ccccc1Cl. The number of hydrogen-bond donors (Lipinski definition) is 2. The summed E-state index contributed by atoms with van der Waals surface area (Å²) < 4.78 is 0. The number of aliphatic carboxylic acids is 2. The largest absolute Gasteiger partial charge is 0.480 e. The van der Waals surface area contributed by atoms with Crippen molar-refractivity contribution in [2.24, 2.45) is 0 Å². The quantitative estimate of drug-likeness (QED) is 0.773. The van der Waals surface area contributed by atoms with Crippen molar-refractivity contribution >= 4 is 35.5 Å². The van der Waals surface area contributed by atoms with E-state index in [1.807, 2.05) is 0 Å². The average Bonchev–Trinajstić information content (AvgIpc) is 2.35. The Morgan fingerprint density at radius 3 is 2.15 bits per heavy atom. The van der Waals surface area contributed by atoms with Crippen molar-refractivity contribution in [3.05, 3.63) is 40.9 Å². The van der Waals surface area contributed by atoms with Crippen LogP contribution in [0.2, 0.25) is 5.02 Å². The van der Waals surface area contributed by atoms with Crippen LogP contribution in [0, 0.1) is 0 Å². The van der Waals surface area contributed by atoms with Crippen molar-refractivity contribution in [1.29, 1.82) is 0 Å². The standard InChI is InChI=1S/C13H12ClNO5/c14-10-4-2-1-3-9(10)5-6-11(16)15(7-12(17)18)8-13(19)20/h1-6H,7-8H2,(H,17,18)(H,19,20). The van der Waals surface area contributed by atoms with Gasteiger partial charge in [-0.25, -0.2) is 0 Å². The number of halogens is 1. The molecule has 1 amide bonds. The van der Waals surface area contributed by atoms with Crippen LogP contribution in [0.25, 0.3) is 6.08 Å². The summed E-state index contributed by atoms with van der Waals surface area (Å²) in [7, 11) is 0. The second kappa shape index (κ2) is 7.30. The minimum atomic E-state index is -1.29. The molecule has 1 rings (SSSR count). The Balaban J connectivity index is 2.82. The third kappa shape index (κ3) is 5.11. The van der Waals surface area contributed by atoms with Gasteiger partial charge in [-0.3, -0.25) is 14.4 Å². The summed E-state index contributed by atoms with van der Waals surface area (Å²) in [6.45, 7) is -1.37. The molecule has 20 heavy (non-hydrogen) atoms. The molecule has 1 aromatic rings. The van der Waals surface area contributed by atoms with E-state index in [4.69, 9.17) is 21.8 Å². The topological polar surface area (TPSA) is 94.9 Å². The Labute approximate surface area is 119 Å². The van der Waals surface area contributed by atoms with Crippen LogP contribution in [0.3, 0.4) is 0 Å². The lowest BCUT2D eigenvalue weighted by Gasteiger charge is -2.16. The molecule has 2 N–H and O–H groups in total. The highest BCUT2D eigenvalue weighted by molar-refractivity contribution is 6.32. The zero-order valence-corrected chi connectivity index (χ0v) is 11.1. The molecule has 106 valence electrons. The maximum atomic E-state index is 11.8. The van der Waals surface area contributed by atoms with Crippen molar-refractivity contribution < 1.29 is 24.6 Å². The van der Waals surface area contributed by atoms with Crippen LogP contribution in [0.4, 0.5) is 0 Å². The van der Waals surface area contributed by atoms with Crippen molar-refractivity contribution in [2.75, 3.05) is 13.1 Å². The summed E-state index contributed by atoms with van der Waals surface area (Å²) in [6.07, 6.45) is 2.49. The molecule has 0 heterocycles. The molecule has 0 saturated carbocycles. The second-order valence-electron chi connectivity index (χ2n) is 3.84. The van der Waals surface area contributed by atoms with E-state index in [9.17, 15) is 14.4 Å². The maximum absolute atomic E-state index is 11.8. The van der Waals surface area contributed by atoms with Crippen LogP contribution in [0.15, 0.2) is 30.3 Å². The first-order valence-electron chi connectivity index (χ1n) is 5.55. The molecule has 0 aliphatic rings. The first-order chi connectivity index (χ1) is 9.40.